The number of rotatable bonds is 6. The van der Waals surface area contributed by atoms with E-state index in [4.69, 9.17) is 10.2 Å². The van der Waals surface area contributed by atoms with E-state index in [9.17, 15) is 19.2 Å². The van der Waals surface area contributed by atoms with Crippen molar-refractivity contribution >= 4 is 23.7 Å². The molecular weight excluding hydrogens is 352 g/mol. The summed E-state index contributed by atoms with van der Waals surface area (Å²) in [6, 6.07) is 5.26. The van der Waals surface area contributed by atoms with E-state index >= 15 is 0 Å². The number of aliphatic carboxylic acids is 1. The first kappa shape index (κ1) is 19.0. The van der Waals surface area contributed by atoms with Crippen LogP contribution >= 0.6 is 0 Å². The van der Waals surface area contributed by atoms with Crippen molar-refractivity contribution in [3.05, 3.63) is 35.4 Å². The number of fused-ring (bicyclic) bond motifs is 1. The summed E-state index contributed by atoms with van der Waals surface area (Å²) >= 11 is 0. The van der Waals surface area contributed by atoms with Crippen molar-refractivity contribution in [2.45, 2.75) is 31.7 Å². The molecule has 144 valence electrons. The molecule has 1 aliphatic carbocycles. The molecule has 1 aromatic carbocycles. The van der Waals surface area contributed by atoms with E-state index < -0.39 is 30.4 Å². The van der Waals surface area contributed by atoms with Crippen molar-refractivity contribution in [3.63, 3.8) is 0 Å². The monoisotopic (exact) mass is 374 g/mol. The van der Waals surface area contributed by atoms with E-state index in [1.165, 1.54) is 4.90 Å². The molecule has 1 fully saturated rings. The molecule has 3 N–H and O–H groups in total. The Kier molecular flexibility index (Phi) is 5.55. The van der Waals surface area contributed by atoms with Crippen molar-refractivity contribution < 1.29 is 29.4 Å². The van der Waals surface area contributed by atoms with Crippen LogP contribution < -0.4 is 5.32 Å². The van der Waals surface area contributed by atoms with Gasteiger partial charge in [0.1, 0.15) is 6.04 Å². The number of carboxylic acid groups (broad SMARTS) is 1. The van der Waals surface area contributed by atoms with E-state index in [2.05, 4.69) is 5.32 Å². The molecular formula is C19H22N2O6. The number of hydrogen-bond donors (Lipinski definition) is 3. The van der Waals surface area contributed by atoms with Gasteiger partial charge in [-0.1, -0.05) is 25.0 Å². The normalized spacial score (nSPS) is 23.1. The molecule has 27 heavy (non-hydrogen) atoms. The fourth-order valence-corrected chi connectivity index (χ4v) is 3.88. The Labute approximate surface area is 156 Å². The van der Waals surface area contributed by atoms with Crippen molar-refractivity contribution in [2.24, 2.45) is 11.8 Å². The number of carbonyl (C=O) groups is 4. The number of aliphatic hydroxyl groups excluding tert-OH is 1. The molecule has 1 aliphatic heterocycles. The fourth-order valence-electron chi connectivity index (χ4n) is 3.88. The van der Waals surface area contributed by atoms with Crippen LogP contribution in [-0.4, -0.2) is 58.0 Å². The number of nitrogens with one attached hydrogen (secondary N) is 1. The number of benzene rings is 1. The van der Waals surface area contributed by atoms with Crippen LogP contribution in [0, 0.1) is 11.8 Å². The van der Waals surface area contributed by atoms with Gasteiger partial charge in [-0.15, -0.1) is 0 Å². The Bertz CT molecular complexity index is 742. The van der Waals surface area contributed by atoms with E-state index in [1.807, 2.05) is 0 Å². The lowest BCUT2D eigenvalue weighted by atomic mass is 9.78. The van der Waals surface area contributed by atoms with Gasteiger partial charge in [-0.2, -0.15) is 0 Å². The number of hydrogen-bond acceptors (Lipinski definition) is 5. The zero-order valence-corrected chi connectivity index (χ0v) is 14.8. The summed E-state index contributed by atoms with van der Waals surface area (Å²) in [6.07, 6.45) is 2.91. The molecule has 1 saturated carbocycles. The highest BCUT2D eigenvalue weighted by Gasteiger charge is 2.40. The van der Waals surface area contributed by atoms with Gasteiger partial charge in [-0.25, -0.2) is 4.79 Å². The van der Waals surface area contributed by atoms with Gasteiger partial charge in [0.05, 0.1) is 17.7 Å². The van der Waals surface area contributed by atoms with Gasteiger partial charge in [0.15, 0.2) is 0 Å². The third-order valence-corrected chi connectivity index (χ3v) is 5.34. The quantitative estimate of drug-likeness (QED) is 0.628. The number of carbonyl (C=O) groups excluding carboxylic acids is 3. The number of carboxylic acids is 1. The smallest absolute Gasteiger partial charge is 0.328 e. The standard InChI is InChI=1S/C19H22N2O6/c22-10-15(19(26)27)20-16(23)12-6-2-1-5-11(12)9-21-17(24)13-7-3-4-8-14(13)18(21)25/h3-4,7-8,11-12,15,22H,1-2,5-6,9-10H2,(H,20,23)(H,26,27). The van der Waals surface area contributed by atoms with Gasteiger partial charge in [0.25, 0.3) is 11.8 Å². The highest BCUT2D eigenvalue weighted by molar-refractivity contribution is 6.21. The van der Waals surface area contributed by atoms with Gasteiger partial charge >= 0.3 is 5.97 Å². The van der Waals surface area contributed by atoms with Crippen molar-refractivity contribution in [3.8, 4) is 0 Å². The maximum Gasteiger partial charge on any atom is 0.328 e. The van der Waals surface area contributed by atoms with E-state index in [-0.39, 0.29) is 24.3 Å². The number of amides is 3. The van der Waals surface area contributed by atoms with Gasteiger partial charge < -0.3 is 15.5 Å². The molecule has 0 spiro atoms. The van der Waals surface area contributed by atoms with Crippen LogP contribution in [-0.2, 0) is 9.59 Å². The van der Waals surface area contributed by atoms with Gasteiger partial charge in [0.2, 0.25) is 5.91 Å². The van der Waals surface area contributed by atoms with Crippen LogP contribution in [0.1, 0.15) is 46.4 Å². The molecule has 0 radical (unpaired) electrons. The third-order valence-electron chi connectivity index (χ3n) is 5.34. The summed E-state index contributed by atoms with van der Waals surface area (Å²) in [7, 11) is 0. The second-order valence-electron chi connectivity index (χ2n) is 7.00. The number of imide groups is 1. The largest absolute Gasteiger partial charge is 0.480 e. The molecule has 0 saturated heterocycles. The van der Waals surface area contributed by atoms with Crippen molar-refractivity contribution in [1.82, 2.24) is 10.2 Å². The lowest BCUT2D eigenvalue weighted by Gasteiger charge is -2.33. The summed E-state index contributed by atoms with van der Waals surface area (Å²) in [6.45, 7) is -0.571. The summed E-state index contributed by atoms with van der Waals surface area (Å²) in [4.78, 5) is 49.9. The minimum absolute atomic E-state index is 0.126. The Morgan fingerprint density at radius 2 is 1.70 bits per heavy atom. The second-order valence-corrected chi connectivity index (χ2v) is 7.00. The van der Waals surface area contributed by atoms with Crippen molar-refractivity contribution in [1.29, 1.82) is 0 Å². The average molecular weight is 374 g/mol. The first-order valence-electron chi connectivity index (χ1n) is 9.03. The molecule has 2 aliphatic rings. The predicted molar refractivity (Wildman–Crippen MR) is 93.9 cm³/mol. The SMILES string of the molecule is O=C(O)C(CO)NC(=O)C1CCCCC1CN1C(=O)c2ccccc2C1=O. The first-order valence-corrected chi connectivity index (χ1v) is 9.03. The first-order chi connectivity index (χ1) is 12.9. The Morgan fingerprint density at radius 3 is 2.26 bits per heavy atom. The fraction of sp³-hybridized carbons (Fsp3) is 0.474. The molecule has 0 aromatic heterocycles. The van der Waals surface area contributed by atoms with Gasteiger partial charge in [-0.3, -0.25) is 19.3 Å². The molecule has 3 atom stereocenters. The lowest BCUT2D eigenvalue weighted by molar-refractivity contribution is -0.144. The molecule has 3 rings (SSSR count). The predicted octanol–water partition coefficient (Wildman–Crippen LogP) is 0.651. The molecule has 8 heteroatoms. The summed E-state index contributed by atoms with van der Waals surface area (Å²) < 4.78 is 0. The van der Waals surface area contributed by atoms with Gasteiger partial charge in [-0.05, 0) is 30.9 Å². The highest BCUT2D eigenvalue weighted by atomic mass is 16.4. The van der Waals surface area contributed by atoms with Crippen LogP contribution in [0.15, 0.2) is 24.3 Å². The molecule has 3 unspecified atom stereocenters. The Morgan fingerprint density at radius 1 is 1.11 bits per heavy atom. The van der Waals surface area contributed by atoms with Crippen molar-refractivity contribution in [2.75, 3.05) is 13.2 Å². The maximum absolute atomic E-state index is 12.6. The second kappa shape index (κ2) is 7.87. The summed E-state index contributed by atoms with van der Waals surface area (Å²) in [5, 5.41) is 20.5. The zero-order chi connectivity index (χ0) is 19.6. The molecule has 1 heterocycles. The minimum Gasteiger partial charge on any atom is -0.480 e. The molecule has 0 bridgehead atoms. The average Bonchev–Trinajstić information content (AvgIpc) is 2.91. The highest BCUT2D eigenvalue weighted by Crippen LogP contribution is 2.33. The van der Waals surface area contributed by atoms with Gasteiger partial charge in [0, 0.05) is 12.5 Å². The maximum atomic E-state index is 12.6. The minimum atomic E-state index is -1.36. The Hall–Kier alpha value is -2.74. The van der Waals surface area contributed by atoms with Crippen LogP contribution in [0.3, 0.4) is 0 Å². The van der Waals surface area contributed by atoms with Crippen LogP contribution in [0.2, 0.25) is 0 Å². The van der Waals surface area contributed by atoms with E-state index in [1.54, 1.807) is 24.3 Å². The van der Waals surface area contributed by atoms with Crippen LogP contribution in [0.5, 0.6) is 0 Å². The third kappa shape index (κ3) is 3.71. The van der Waals surface area contributed by atoms with E-state index in [0.29, 0.717) is 24.0 Å². The molecule has 1 aromatic rings. The molecule has 3 amide bonds. The Balaban J connectivity index is 1.73. The lowest BCUT2D eigenvalue weighted by Crippen LogP contribution is -2.49. The molecule has 8 nitrogen and oxygen atoms in total. The summed E-state index contributed by atoms with van der Waals surface area (Å²) in [5.74, 6) is -3.24. The summed E-state index contributed by atoms with van der Waals surface area (Å²) in [5.41, 5.74) is 0.732. The zero-order valence-electron chi connectivity index (χ0n) is 14.8. The van der Waals surface area contributed by atoms with Crippen LogP contribution in [0.25, 0.3) is 0 Å². The van der Waals surface area contributed by atoms with Crippen LogP contribution in [0.4, 0.5) is 0 Å². The number of nitrogens with zero attached hydrogens (tertiary/aromatic N) is 1. The topological polar surface area (TPSA) is 124 Å². The number of aliphatic hydroxyl groups is 1. The van der Waals surface area contributed by atoms with E-state index in [0.717, 1.165) is 12.8 Å².